The fourth-order valence-corrected chi connectivity index (χ4v) is 2.01. The number of aromatic nitrogens is 1. The lowest BCUT2D eigenvalue weighted by Gasteiger charge is -2.06. The molecule has 0 unspecified atom stereocenters. The van der Waals surface area contributed by atoms with Crippen molar-refractivity contribution in [1.82, 2.24) is 4.98 Å². The molecule has 3 nitrogen and oxygen atoms in total. The van der Waals surface area contributed by atoms with E-state index in [0.29, 0.717) is 5.92 Å². The minimum absolute atomic E-state index is 0. The highest BCUT2D eigenvalue weighted by atomic mass is 35.5. The van der Waals surface area contributed by atoms with Crippen molar-refractivity contribution in [2.75, 3.05) is 0 Å². The SMILES string of the molecule is Cl.O=C(O)c1nc2ccccc2cc1C1CC1. The van der Waals surface area contributed by atoms with Gasteiger partial charge in [-0.1, -0.05) is 18.2 Å². The van der Waals surface area contributed by atoms with Gasteiger partial charge >= 0.3 is 5.97 Å². The van der Waals surface area contributed by atoms with E-state index >= 15 is 0 Å². The van der Waals surface area contributed by atoms with Gasteiger partial charge in [-0.25, -0.2) is 9.78 Å². The van der Waals surface area contributed by atoms with Crippen molar-refractivity contribution < 1.29 is 9.90 Å². The molecule has 0 amide bonds. The molecule has 1 aliphatic rings. The number of carbonyl (C=O) groups is 1. The predicted octanol–water partition coefficient (Wildman–Crippen LogP) is 3.23. The number of carboxylic acids is 1. The molecule has 4 heteroatoms. The first-order valence-corrected chi connectivity index (χ1v) is 5.38. The minimum Gasteiger partial charge on any atom is -0.477 e. The molecule has 0 radical (unpaired) electrons. The van der Waals surface area contributed by atoms with Gasteiger partial charge in [-0.05, 0) is 36.5 Å². The molecule has 0 spiro atoms. The first kappa shape index (κ1) is 11.9. The summed E-state index contributed by atoms with van der Waals surface area (Å²) in [6.07, 6.45) is 2.17. The molecule has 0 aliphatic heterocycles. The number of benzene rings is 1. The van der Waals surface area contributed by atoms with Gasteiger partial charge in [-0.2, -0.15) is 0 Å². The lowest BCUT2D eigenvalue weighted by Crippen LogP contribution is -2.05. The van der Waals surface area contributed by atoms with Gasteiger partial charge in [0.1, 0.15) is 0 Å². The van der Waals surface area contributed by atoms with Crippen molar-refractivity contribution in [3.8, 4) is 0 Å². The number of nitrogens with zero attached hydrogens (tertiary/aromatic N) is 1. The van der Waals surface area contributed by atoms with E-state index in [-0.39, 0.29) is 18.1 Å². The van der Waals surface area contributed by atoms with Crippen LogP contribution in [0, 0.1) is 0 Å². The summed E-state index contributed by atoms with van der Waals surface area (Å²) in [5, 5.41) is 10.2. The highest BCUT2D eigenvalue weighted by Crippen LogP contribution is 2.42. The number of aromatic carboxylic acids is 1. The Hall–Kier alpha value is -1.61. The van der Waals surface area contributed by atoms with Crippen LogP contribution in [0.1, 0.15) is 34.8 Å². The Morgan fingerprint density at radius 2 is 2.00 bits per heavy atom. The van der Waals surface area contributed by atoms with Crippen LogP contribution in [0.15, 0.2) is 30.3 Å². The van der Waals surface area contributed by atoms with Crippen molar-refractivity contribution in [3.63, 3.8) is 0 Å². The second-order valence-electron chi connectivity index (χ2n) is 4.20. The summed E-state index contributed by atoms with van der Waals surface area (Å²) in [6, 6.07) is 9.61. The van der Waals surface area contributed by atoms with E-state index in [1.54, 1.807) is 0 Å². The number of fused-ring (bicyclic) bond motifs is 1. The van der Waals surface area contributed by atoms with Gasteiger partial charge in [0.2, 0.25) is 0 Å². The molecule has 0 atom stereocenters. The van der Waals surface area contributed by atoms with E-state index in [0.717, 1.165) is 29.3 Å². The van der Waals surface area contributed by atoms with Gasteiger partial charge in [0.05, 0.1) is 5.52 Å². The van der Waals surface area contributed by atoms with Crippen molar-refractivity contribution in [2.45, 2.75) is 18.8 Å². The monoisotopic (exact) mass is 249 g/mol. The average Bonchev–Trinajstić information content (AvgIpc) is 3.11. The van der Waals surface area contributed by atoms with E-state index in [2.05, 4.69) is 4.98 Å². The highest BCUT2D eigenvalue weighted by Gasteiger charge is 2.29. The second-order valence-corrected chi connectivity index (χ2v) is 4.20. The predicted molar refractivity (Wildman–Crippen MR) is 67.9 cm³/mol. The summed E-state index contributed by atoms with van der Waals surface area (Å²) < 4.78 is 0. The largest absolute Gasteiger partial charge is 0.477 e. The molecule has 2 aromatic rings. The first-order chi connectivity index (χ1) is 7.75. The van der Waals surface area contributed by atoms with Crippen molar-refractivity contribution >= 4 is 29.3 Å². The molecule has 1 fully saturated rings. The number of hydrogen-bond acceptors (Lipinski definition) is 2. The van der Waals surface area contributed by atoms with Crippen molar-refractivity contribution in [2.24, 2.45) is 0 Å². The third-order valence-corrected chi connectivity index (χ3v) is 2.97. The number of halogens is 1. The van der Waals surface area contributed by atoms with Crippen LogP contribution < -0.4 is 0 Å². The Labute approximate surface area is 105 Å². The van der Waals surface area contributed by atoms with Crippen LogP contribution in [0.3, 0.4) is 0 Å². The molecule has 0 bridgehead atoms. The second kappa shape index (κ2) is 4.34. The third-order valence-electron chi connectivity index (χ3n) is 2.97. The molecule has 1 N–H and O–H groups in total. The van der Waals surface area contributed by atoms with Crippen LogP contribution in [0.4, 0.5) is 0 Å². The number of pyridine rings is 1. The Morgan fingerprint density at radius 1 is 1.29 bits per heavy atom. The summed E-state index contributed by atoms with van der Waals surface area (Å²) in [7, 11) is 0. The molecule has 1 aromatic carbocycles. The number of para-hydroxylation sites is 1. The zero-order valence-electron chi connectivity index (χ0n) is 9.09. The molecule has 1 aliphatic carbocycles. The van der Waals surface area contributed by atoms with E-state index in [1.807, 2.05) is 30.3 Å². The third kappa shape index (κ3) is 2.11. The Kier molecular flexibility index (Phi) is 3.03. The van der Waals surface area contributed by atoms with Gasteiger partial charge in [-0.15, -0.1) is 12.4 Å². The number of rotatable bonds is 2. The maximum atomic E-state index is 11.1. The van der Waals surface area contributed by atoms with Crippen LogP contribution in [0.25, 0.3) is 10.9 Å². The standard InChI is InChI=1S/C13H11NO2.ClH/c15-13(16)12-10(8-5-6-8)7-9-3-1-2-4-11(9)14-12;/h1-4,7-8H,5-6H2,(H,15,16);1H. The zero-order chi connectivity index (χ0) is 11.1. The summed E-state index contributed by atoms with van der Waals surface area (Å²) >= 11 is 0. The quantitative estimate of drug-likeness (QED) is 0.889. The lowest BCUT2D eigenvalue weighted by atomic mass is 10.1. The van der Waals surface area contributed by atoms with Crippen LogP contribution in [-0.2, 0) is 0 Å². The normalized spacial score (nSPS) is 14.4. The molecule has 17 heavy (non-hydrogen) atoms. The smallest absolute Gasteiger partial charge is 0.354 e. The van der Waals surface area contributed by atoms with Crippen LogP contribution in [-0.4, -0.2) is 16.1 Å². The van der Waals surface area contributed by atoms with Crippen LogP contribution >= 0.6 is 12.4 Å². The average molecular weight is 250 g/mol. The molecule has 1 saturated carbocycles. The molecular formula is C13H12ClNO2. The summed E-state index contributed by atoms with van der Waals surface area (Å²) in [6.45, 7) is 0. The molecular weight excluding hydrogens is 238 g/mol. The number of carboxylic acid groups (broad SMARTS) is 1. The van der Waals surface area contributed by atoms with Gasteiger partial charge in [0, 0.05) is 5.39 Å². The van der Waals surface area contributed by atoms with E-state index < -0.39 is 5.97 Å². The topological polar surface area (TPSA) is 50.2 Å². The first-order valence-electron chi connectivity index (χ1n) is 5.38. The van der Waals surface area contributed by atoms with E-state index in [9.17, 15) is 4.79 Å². The van der Waals surface area contributed by atoms with Crippen LogP contribution in [0.5, 0.6) is 0 Å². The summed E-state index contributed by atoms with van der Waals surface area (Å²) in [5.41, 5.74) is 1.87. The highest BCUT2D eigenvalue weighted by molar-refractivity contribution is 5.92. The van der Waals surface area contributed by atoms with Gasteiger partial charge in [0.15, 0.2) is 5.69 Å². The zero-order valence-corrected chi connectivity index (χ0v) is 9.91. The lowest BCUT2D eigenvalue weighted by molar-refractivity contribution is 0.0689. The van der Waals surface area contributed by atoms with Crippen LogP contribution in [0.2, 0.25) is 0 Å². The molecule has 3 rings (SSSR count). The fourth-order valence-electron chi connectivity index (χ4n) is 2.01. The minimum atomic E-state index is -0.923. The summed E-state index contributed by atoms with van der Waals surface area (Å²) in [4.78, 5) is 15.4. The molecule has 1 heterocycles. The van der Waals surface area contributed by atoms with E-state index in [1.165, 1.54) is 0 Å². The molecule has 0 saturated heterocycles. The van der Waals surface area contributed by atoms with Crippen molar-refractivity contribution in [3.05, 3.63) is 41.6 Å². The van der Waals surface area contributed by atoms with Crippen molar-refractivity contribution in [1.29, 1.82) is 0 Å². The molecule has 88 valence electrons. The Bertz CT molecular complexity index is 579. The Morgan fingerprint density at radius 3 is 2.65 bits per heavy atom. The van der Waals surface area contributed by atoms with Gasteiger partial charge in [0.25, 0.3) is 0 Å². The number of hydrogen-bond donors (Lipinski definition) is 1. The van der Waals surface area contributed by atoms with E-state index in [4.69, 9.17) is 5.11 Å². The maximum Gasteiger partial charge on any atom is 0.354 e. The van der Waals surface area contributed by atoms with Gasteiger partial charge in [-0.3, -0.25) is 0 Å². The maximum absolute atomic E-state index is 11.1. The summed E-state index contributed by atoms with van der Waals surface area (Å²) in [5.74, 6) is -0.518. The van der Waals surface area contributed by atoms with Gasteiger partial charge < -0.3 is 5.11 Å². The molecule has 1 aromatic heterocycles. The fraction of sp³-hybridized carbons (Fsp3) is 0.231. The Balaban J connectivity index is 0.00000108.